The van der Waals surface area contributed by atoms with E-state index in [1.807, 2.05) is 0 Å². The lowest BCUT2D eigenvalue weighted by molar-refractivity contribution is -0.119. The number of ether oxygens (including phenoxy) is 1. The summed E-state index contributed by atoms with van der Waals surface area (Å²) in [6.07, 6.45) is 3.12. The molecule has 1 atom stereocenters. The summed E-state index contributed by atoms with van der Waals surface area (Å²) in [5.74, 6) is 0. The fourth-order valence-electron chi connectivity index (χ4n) is 2.15. The number of hydrogen-bond acceptors (Lipinski definition) is 3. The Balaban J connectivity index is 1.67. The van der Waals surface area contributed by atoms with E-state index in [-0.39, 0.29) is 12.1 Å². The molecule has 0 aliphatic carbocycles. The van der Waals surface area contributed by atoms with Crippen molar-refractivity contribution in [1.29, 1.82) is 0 Å². The summed E-state index contributed by atoms with van der Waals surface area (Å²) < 4.78 is 5.44. The first-order valence-electron chi connectivity index (χ1n) is 6.13. The molecule has 17 heavy (non-hydrogen) atoms. The van der Waals surface area contributed by atoms with Gasteiger partial charge in [0.15, 0.2) is 0 Å². The molecule has 2 rings (SSSR count). The number of amides is 3. The van der Waals surface area contributed by atoms with Gasteiger partial charge in [0.05, 0.1) is 6.10 Å². The van der Waals surface area contributed by atoms with E-state index >= 15 is 0 Å². The number of rotatable bonds is 3. The molecule has 0 aromatic carbocycles. The van der Waals surface area contributed by atoms with Crippen molar-refractivity contribution in [3.05, 3.63) is 0 Å². The summed E-state index contributed by atoms with van der Waals surface area (Å²) in [5.41, 5.74) is 0. The molecule has 2 heterocycles. The van der Waals surface area contributed by atoms with Gasteiger partial charge in [-0.1, -0.05) is 0 Å². The molecule has 0 spiro atoms. The Kier molecular flexibility index (Phi) is 4.19. The third-order valence-electron chi connectivity index (χ3n) is 3.26. The predicted molar refractivity (Wildman–Crippen MR) is 61.6 cm³/mol. The minimum Gasteiger partial charge on any atom is -0.376 e. The van der Waals surface area contributed by atoms with Crippen molar-refractivity contribution in [3.63, 3.8) is 0 Å². The maximum absolute atomic E-state index is 11.8. The van der Waals surface area contributed by atoms with Gasteiger partial charge in [-0.2, -0.15) is 0 Å². The number of hydrogen-bond donors (Lipinski definition) is 1. The van der Waals surface area contributed by atoms with Crippen LogP contribution in [0, 0.1) is 0 Å². The smallest absolute Gasteiger partial charge is 0.317 e. The van der Waals surface area contributed by atoms with Crippen LogP contribution in [0.25, 0.3) is 0 Å². The van der Waals surface area contributed by atoms with E-state index in [2.05, 4.69) is 5.32 Å². The van der Waals surface area contributed by atoms with E-state index in [0.29, 0.717) is 32.7 Å². The van der Waals surface area contributed by atoms with Crippen LogP contribution in [0.4, 0.5) is 4.79 Å². The van der Waals surface area contributed by atoms with Crippen LogP contribution >= 0.6 is 0 Å². The number of carbonyl (C=O) groups excluding carboxylic acids is 2. The molecular weight excluding hydrogens is 222 g/mol. The zero-order chi connectivity index (χ0) is 12.1. The molecule has 6 heteroatoms. The first-order chi connectivity index (χ1) is 8.29. The first kappa shape index (κ1) is 12.2. The second kappa shape index (κ2) is 5.86. The van der Waals surface area contributed by atoms with Gasteiger partial charge in [-0.15, -0.1) is 0 Å². The van der Waals surface area contributed by atoms with Crippen LogP contribution in [0.15, 0.2) is 0 Å². The van der Waals surface area contributed by atoms with Gasteiger partial charge in [0, 0.05) is 39.3 Å². The van der Waals surface area contributed by atoms with E-state index < -0.39 is 0 Å². The molecule has 0 bridgehead atoms. The lowest BCUT2D eigenvalue weighted by atomic mass is 10.2. The van der Waals surface area contributed by atoms with Gasteiger partial charge >= 0.3 is 6.03 Å². The number of carbonyl (C=O) groups is 2. The van der Waals surface area contributed by atoms with Gasteiger partial charge in [-0.3, -0.25) is 4.79 Å². The van der Waals surface area contributed by atoms with Crippen molar-refractivity contribution < 1.29 is 14.3 Å². The number of nitrogens with one attached hydrogen (secondary N) is 1. The fourth-order valence-corrected chi connectivity index (χ4v) is 2.15. The molecule has 6 nitrogen and oxygen atoms in total. The SMILES string of the molecule is O=CN1CCN(C(=O)NCC2CCCO2)CC1. The van der Waals surface area contributed by atoms with Crippen LogP contribution in [-0.2, 0) is 9.53 Å². The fraction of sp³-hybridized carbons (Fsp3) is 0.818. The summed E-state index contributed by atoms with van der Waals surface area (Å²) in [6.45, 7) is 3.85. The number of urea groups is 1. The van der Waals surface area contributed by atoms with E-state index in [1.165, 1.54) is 0 Å². The monoisotopic (exact) mass is 241 g/mol. The van der Waals surface area contributed by atoms with Gasteiger partial charge in [0.1, 0.15) is 0 Å². The average Bonchev–Trinajstić information content (AvgIpc) is 2.89. The lowest BCUT2D eigenvalue weighted by Gasteiger charge is -2.32. The maximum atomic E-state index is 11.8. The van der Waals surface area contributed by atoms with Gasteiger partial charge in [-0.25, -0.2) is 4.79 Å². The second-order valence-corrected chi connectivity index (χ2v) is 4.45. The standard InChI is InChI=1S/C11H19N3O3/c15-9-13-3-5-14(6-4-13)11(16)12-8-10-2-1-7-17-10/h9-10H,1-8H2,(H,12,16). The van der Waals surface area contributed by atoms with Crippen LogP contribution in [0.3, 0.4) is 0 Å². The molecule has 0 aromatic rings. The third kappa shape index (κ3) is 3.33. The zero-order valence-corrected chi connectivity index (χ0v) is 9.93. The molecule has 3 amide bonds. The Labute approximate surface area is 101 Å². The lowest BCUT2D eigenvalue weighted by Crippen LogP contribution is -2.52. The minimum absolute atomic E-state index is 0.0500. The highest BCUT2D eigenvalue weighted by Gasteiger charge is 2.21. The Morgan fingerprint density at radius 2 is 2.12 bits per heavy atom. The summed E-state index contributed by atoms with van der Waals surface area (Å²) in [7, 11) is 0. The van der Waals surface area contributed by atoms with Gasteiger partial charge in [-0.05, 0) is 12.8 Å². The molecule has 0 radical (unpaired) electrons. The summed E-state index contributed by atoms with van der Waals surface area (Å²) in [4.78, 5) is 25.8. The van der Waals surface area contributed by atoms with E-state index in [0.717, 1.165) is 25.9 Å². The molecule has 2 saturated heterocycles. The highest BCUT2D eigenvalue weighted by molar-refractivity contribution is 5.74. The van der Waals surface area contributed by atoms with Crippen LogP contribution in [0.2, 0.25) is 0 Å². The van der Waals surface area contributed by atoms with Gasteiger partial charge in [0.25, 0.3) is 0 Å². The van der Waals surface area contributed by atoms with Gasteiger partial charge in [0.2, 0.25) is 6.41 Å². The maximum Gasteiger partial charge on any atom is 0.317 e. The molecular formula is C11H19N3O3. The highest BCUT2D eigenvalue weighted by Crippen LogP contribution is 2.10. The quantitative estimate of drug-likeness (QED) is 0.687. The summed E-state index contributed by atoms with van der Waals surface area (Å²) in [5, 5.41) is 2.88. The van der Waals surface area contributed by atoms with Crippen LogP contribution in [0.1, 0.15) is 12.8 Å². The van der Waals surface area contributed by atoms with Crippen molar-refractivity contribution >= 4 is 12.4 Å². The Morgan fingerprint density at radius 1 is 1.35 bits per heavy atom. The van der Waals surface area contributed by atoms with Crippen LogP contribution in [0.5, 0.6) is 0 Å². The molecule has 1 unspecified atom stereocenters. The first-order valence-corrected chi connectivity index (χ1v) is 6.13. The highest BCUT2D eigenvalue weighted by atomic mass is 16.5. The normalized spacial score (nSPS) is 24.8. The molecule has 1 N–H and O–H groups in total. The summed E-state index contributed by atoms with van der Waals surface area (Å²) in [6, 6.07) is -0.0500. The van der Waals surface area contributed by atoms with E-state index in [9.17, 15) is 9.59 Å². The second-order valence-electron chi connectivity index (χ2n) is 4.45. The molecule has 96 valence electrons. The Hall–Kier alpha value is -1.30. The van der Waals surface area contributed by atoms with Crippen molar-refractivity contribution in [2.45, 2.75) is 18.9 Å². The van der Waals surface area contributed by atoms with E-state index in [1.54, 1.807) is 9.80 Å². The van der Waals surface area contributed by atoms with Gasteiger partial charge < -0.3 is 19.9 Å². The van der Waals surface area contributed by atoms with Crippen molar-refractivity contribution in [2.24, 2.45) is 0 Å². The van der Waals surface area contributed by atoms with Crippen molar-refractivity contribution in [1.82, 2.24) is 15.1 Å². The van der Waals surface area contributed by atoms with E-state index in [4.69, 9.17) is 4.74 Å². The minimum atomic E-state index is -0.0500. The molecule has 0 aromatic heterocycles. The molecule has 2 aliphatic heterocycles. The topological polar surface area (TPSA) is 61.9 Å². The molecule has 0 saturated carbocycles. The third-order valence-corrected chi connectivity index (χ3v) is 3.26. The zero-order valence-electron chi connectivity index (χ0n) is 9.93. The predicted octanol–water partition coefficient (Wildman–Crippen LogP) is -0.351. The molecule has 2 aliphatic rings. The largest absolute Gasteiger partial charge is 0.376 e. The van der Waals surface area contributed by atoms with Crippen LogP contribution < -0.4 is 5.32 Å². The van der Waals surface area contributed by atoms with Crippen molar-refractivity contribution in [3.8, 4) is 0 Å². The Morgan fingerprint density at radius 3 is 2.71 bits per heavy atom. The van der Waals surface area contributed by atoms with Crippen molar-refractivity contribution in [2.75, 3.05) is 39.3 Å². The Bertz CT molecular complexity index is 271. The van der Waals surface area contributed by atoms with Crippen LogP contribution in [-0.4, -0.2) is 67.7 Å². The molecule has 2 fully saturated rings. The number of piperazine rings is 1. The summed E-state index contributed by atoms with van der Waals surface area (Å²) >= 11 is 0. The average molecular weight is 241 g/mol. The number of nitrogens with zero attached hydrogens (tertiary/aromatic N) is 2.